The molecule has 0 saturated carbocycles. The molecule has 1 aromatic heterocycles. The van der Waals surface area contributed by atoms with Crippen molar-refractivity contribution in [3.05, 3.63) is 99.4 Å². The molecule has 7 rings (SSSR count). The first-order valence-corrected chi connectivity index (χ1v) is 22.5. The number of hydrogen-bond donors (Lipinski definition) is 4. The maximum absolute atomic E-state index is 14.3. The normalized spacial score (nSPS) is 17.2. The lowest BCUT2D eigenvalue weighted by Crippen LogP contribution is -2.54. The Morgan fingerprint density at radius 1 is 0.968 bits per heavy atom. The van der Waals surface area contributed by atoms with Crippen LogP contribution in [0.2, 0.25) is 0 Å². The molecular weight excluding hydrogens is 891 g/mol. The molecule has 17 nitrogen and oxygen atoms in total. The molecule has 1 unspecified atom stereocenters. The van der Waals surface area contributed by atoms with E-state index < -0.39 is 51.4 Å². The molecule has 326 valence electrons. The van der Waals surface area contributed by atoms with Crippen LogP contribution >= 0.6 is 15.9 Å². The molecule has 1 atom stereocenters. The number of ether oxygens (including phenoxy) is 2. The second-order valence-corrected chi connectivity index (χ2v) is 17.9. The number of nitrogens with zero attached hydrogens (tertiary/aromatic N) is 4. The van der Waals surface area contributed by atoms with E-state index in [1.54, 1.807) is 18.2 Å². The molecule has 4 heterocycles. The number of unbranched alkanes of at least 4 members (excludes halogenated alkanes) is 2. The van der Waals surface area contributed by atoms with Crippen LogP contribution in [0.5, 0.6) is 11.5 Å². The zero-order valence-corrected chi connectivity index (χ0v) is 35.8. The van der Waals surface area contributed by atoms with Crippen molar-refractivity contribution in [3.8, 4) is 11.5 Å². The van der Waals surface area contributed by atoms with Gasteiger partial charge in [-0.15, -0.1) is 0 Å². The molecule has 2 fully saturated rings. The van der Waals surface area contributed by atoms with Gasteiger partial charge in [0.25, 0.3) is 17.7 Å². The summed E-state index contributed by atoms with van der Waals surface area (Å²) in [7, 11) is -3.53. The van der Waals surface area contributed by atoms with Gasteiger partial charge in [-0.3, -0.25) is 34.2 Å². The summed E-state index contributed by atoms with van der Waals surface area (Å²) >= 11 is 3.36. The van der Waals surface area contributed by atoms with E-state index in [0.29, 0.717) is 42.8 Å². The number of nitrogens with one attached hydrogen (secondary N) is 3. The number of sulfonamides is 1. The van der Waals surface area contributed by atoms with Crippen LogP contribution in [0.3, 0.4) is 0 Å². The number of rotatable bonds is 18. The molecule has 3 aromatic carbocycles. The first-order chi connectivity index (χ1) is 29.8. The van der Waals surface area contributed by atoms with Gasteiger partial charge in [-0.1, -0.05) is 30.7 Å². The minimum absolute atomic E-state index is 0.0270. The van der Waals surface area contributed by atoms with Gasteiger partial charge in [0, 0.05) is 38.4 Å². The van der Waals surface area contributed by atoms with Crippen molar-refractivity contribution in [1.82, 2.24) is 24.5 Å². The molecule has 0 bridgehead atoms. The Balaban J connectivity index is 0.804. The molecular formula is C42H44BrFN8O9S. The van der Waals surface area contributed by atoms with Gasteiger partial charge in [-0.05, 0) is 96.4 Å². The third kappa shape index (κ3) is 10.3. The molecule has 4 aromatic rings. The Bertz CT molecular complexity index is 2500. The van der Waals surface area contributed by atoms with Crippen molar-refractivity contribution in [1.29, 1.82) is 0 Å². The number of carbonyl (C=O) groups is 5. The van der Waals surface area contributed by atoms with Gasteiger partial charge in [0.05, 0.1) is 39.2 Å². The fraction of sp³-hybridized carbons (Fsp3) is 0.357. The smallest absolute Gasteiger partial charge is 0.266 e. The summed E-state index contributed by atoms with van der Waals surface area (Å²) in [6, 6.07) is 15.0. The monoisotopic (exact) mass is 934 g/mol. The maximum Gasteiger partial charge on any atom is 0.266 e. The highest BCUT2D eigenvalue weighted by Gasteiger charge is 2.46. The van der Waals surface area contributed by atoms with E-state index in [2.05, 4.69) is 41.8 Å². The highest BCUT2D eigenvalue weighted by Crippen LogP contribution is 2.36. The van der Waals surface area contributed by atoms with Crippen LogP contribution in [0, 0.1) is 5.82 Å². The first kappa shape index (κ1) is 44.2. The van der Waals surface area contributed by atoms with Crippen molar-refractivity contribution < 1.29 is 46.3 Å². The number of aromatic nitrogens is 2. The fourth-order valence-electron chi connectivity index (χ4n) is 7.56. The van der Waals surface area contributed by atoms with E-state index in [-0.39, 0.29) is 71.1 Å². The van der Waals surface area contributed by atoms with E-state index in [9.17, 15) is 36.8 Å². The van der Waals surface area contributed by atoms with Crippen LogP contribution in [0.15, 0.2) is 71.3 Å². The number of amides is 5. The lowest BCUT2D eigenvalue weighted by atomic mass is 10.0. The van der Waals surface area contributed by atoms with E-state index in [1.165, 1.54) is 28.7 Å². The van der Waals surface area contributed by atoms with Crippen LogP contribution < -0.4 is 26.4 Å². The molecule has 0 radical (unpaired) electrons. The Hall–Kier alpha value is -5.83. The first-order valence-electron chi connectivity index (χ1n) is 20.1. The average molecular weight is 936 g/mol. The summed E-state index contributed by atoms with van der Waals surface area (Å²) in [5.41, 5.74) is 6.43. The minimum Gasteiger partial charge on any atom is -0.456 e. The Labute approximate surface area is 365 Å². The van der Waals surface area contributed by atoms with E-state index >= 15 is 0 Å². The molecule has 0 aliphatic carbocycles. The third-order valence-electron chi connectivity index (χ3n) is 10.7. The number of carbonyl (C=O) groups excluding carboxylic acids is 5. The molecule has 3 aliphatic rings. The highest BCUT2D eigenvalue weighted by molar-refractivity contribution is 9.10. The van der Waals surface area contributed by atoms with Crippen molar-refractivity contribution in [2.24, 2.45) is 5.73 Å². The topological polar surface area (TPSA) is 232 Å². The van der Waals surface area contributed by atoms with Crippen LogP contribution in [-0.2, 0) is 30.8 Å². The molecule has 5 N–H and O–H groups in total. The number of halogens is 2. The summed E-state index contributed by atoms with van der Waals surface area (Å²) in [5.74, 6) is -2.97. The largest absolute Gasteiger partial charge is 0.456 e. The summed E-state index contributed by atoms with van der Waals surface area (Å²) < 4.78 is 54.2. The molecule has 3 aliphatic heterocycles. The number of imide groups is 2. The van der Waals surface area contributed by atoms with Gasteiger partial charge in [-0.2, -0.15) is 4.98 Å². The zero-order valence-electron chi connectivity index (χ0n) is 33.4. The van der Waals surface area contributed by atoms with Gasteiger partial charge < -0.3 is 25.8 Å². The van der Waals surface area contributed by atoms with Crippen LogP contribution in [-0.4, -0.2) is 101 Å². The van der Waals surface area contributed by atoms with Gasteiger partial charge in [0.15, 0.2) is 0 Å². The number of aryl methyl sites for hydroxylation is 1. The predicted octanol–water partition coefficient (Wildman–Crippen LogP) is 5.05. The highest BCUT2D eigenvalue weighted by atomic mass is 79.9. The van der Waals surface area contributed by atoms with Crippen LogP contribution in [0.1, 0.15) is 81.6 Å². The average Bonchev–Trinajstić information content (AvgIpc) is 3.49. The number of fused-ring (bicyclic) bond motifs is 1. The van der Waals surface area contributed by atoms with Crippen molar-refractivity contribution in [2.75, 3.05) is 42.7 Å². The zero-order chi connectivity index (χ0) is 44.0. The summed E-state index contributed by atoms with van der Waals surface area (Å²) in [5, 5.41) is 8.36. The Kier molecular flexibility index (Phi) is 13.9. The Morgan fingerprint density at radius 3 is 2.52 bits per heavy atom. The lowest BCUT2D eigenvalue weighted by molar-refractivity contribution is -0.136. The van der Waals surface area contributed by atoms with E-state index in [1.807, 2.05) is 18.2 Å². The number of piperidine rings is 2. The summed E-state index contributed by atoms with van der Waals surface area (Å²) in [6.45, 7) is 1.12. The predicted molar refractivity (Wildman–Crippen MR) is 228 cm³/mol. The summed E-state index contributed by atoms with van der Waals surface area (Å²) in [4.78, 5) is 72.2. The second kappa shape index (κ2) is 19.5. The molecule has 62 heavy (non-hydrogen) atoms. The van der Waals surface area contributed by atoms with Crippen molar-refractivity contribution in [2.45, 2.75) is 63.5 Å². The van der Waals surface area contributed by atoms with Crippen molar-refractivity contribution >= 4 is 72.9 Å². The lowest BCUT2D eigenvalue weighted by Gasteiger charge is -2.31. The molecule has 2 saturated heterocycles. The third-order valence-corrected chi connectivity index (χ3v) is 13.1. The van der Waals surface area contributed by atoms with Gasteiger partial charge in [0.1, 0.15) is 29.2 Å². The van der Waals surface area contributed by atoms with E-state index in [0.717, 1.165) is 42.2 Å². The van der Waals surface area contributed by atoms with Gasteiger partial charge in [-0.25, -0.2) is 22.1 Å². The minimum atomic E-state index is -3.53. The Morgan fingerprint density at radius 2 is 1.74 bits per heavy atom. The summed E-state index contributed by atoms with van der Waals surface area (Å²) in [6.07, 6.45) is 5.80. The number of hydrogen-bond acceptors (Lipinski definition) is 13. The van der Waals surface area contributed by atoms with Crippen LogP contribution in [0.25, 0.3) is 0 Å². The van der Waals surface area contributed by atoms with Gasteiger partial charge >= 0.3 is 0 Å². The molecule has 0 spiro atoms. The van der Waals surface area contributed by atoms with Crippen molar-refractivity contribution in [3.63, 3.8) is 0 Å². The van der Waals surface area contributed by atoms with Gasteiger partial charge in [0.2, 0.25) is 27.8 Å². The molecule has 5 amide bonds. The fourth-order valence-corrected chi connectivity index (χ4v) is 9.20. The number of primary amides is 1. The van der Waals surface area contributed by atoms with Crippen LogP contribution in [0.4, 0.5) is 21.8 Å². The quantitative estimate of drug-likeness (QED) is 0.0757. The van der Waals surface area contributed by atoms with E-state index in [4.69, 9.17) is 15.2 Å². The number of nitrogens with two attached hydrogens (primary N) is 1. The number of benzene rings is 3. The SMILES string of the molecule is NC(=O)c1c(F)cccc1Nc1nc(NC2CCN(S(=O)(=O)CCOCCCCCc3cccc(Oc4cccc5c4C(=O)N(C4CCC(=O)NC4=O)C5=O)c3)CC2)ncc1Br. The number of anilines is 3. The molecule has 20 heteroatoms. The second-order valence-electron chi connectivity index (χ2n) is 15.0. The maximum atomic E-state index is 14.3. The standard InChI is InChI=1S/C42H44BrFN8O9S/c43-29-24-46-42(50-38(29)48-31-12-6-11-30(44)36(31)37(45)54)47-26-16-18-51(19-17-26)62(58,59)22-21-60-20-3-1-2-7-25-8-4-9-27(23-25)61-33-13-5-10-28-35(33)41(57)52(40(28)56)32-14-15-34(53)49-39(32)55/h4-6,8-13,23-24,26,32H,1-3,7,14-22H2,(H2,45,54)(H,49,53,55)(H2,46,47,48,50).